The summed E-state index contributed by atoms with van der Waals surface area (Å²) in [7, 11) is 0. The maximum absolute atomic E-state index is 12.7. The number of urea groups is 1. The molecule has 0 radical (unpaired) electrons. The first-order chi connectivity index (χ1) is 13.2. The minimum Gasteiger partial charge on any atom is -0.379 e. The highest BCUT2D eigenvalue weighted by Gasteiger charge is 2.46. The van der Waals surface area contributed by atoms with Crippen LogP contribution in [0.3, 0.4) is 0 Å². The van der Waals surface area contributed by atoms with Gasteiger partial charge in [-0.2, -0.15) is 0 Å². The van der Waals surface area contributed by atoms with Crippen molar-refractivity contribution in [3.05, 3.63) is 29.8 Å². The van der Waals surface area contributed by atoms with E-state index in [1.165, 1.54) is 24.8 Å². The molecule has 1 aliphatic carbocycles. The number of benzene rings is 1. The molecule has 1 aromatic rings. The quantitative estimate of drug-likeness (QED) is 0.858. The molecule has 2 amide bonds. The summed E-state index contributed by atoms with van der Waals surface area (Å²) in [5.74, 6) is 0. The van der Waals surface area contributed by atoms with Gasteiger partial charge in [0.1, 0.15) is 0 Å². The molecule has 146 valence electrons. The average Bonchev–Trinajstić information content (AvgIpc) is 3.31. The van der Waals surface area contributed by atoms with Crippen LogP contribution >= 0.6 is 0 Å². The molecule has 3 aliphatic heterocycles. The molecule has 0 bridgehead atoms. The van der Waals surface area contributed by atoms with E-state index in [1.54, 1.807) is 0 Å². The van der Waals surface area contributed by atoms with Crippen molar-refractivity contribution in [2.24, 2.45) is 5.73 Å². The van der Waals surface area contributed by atoms with Crippen LogP contribution in [0.4, 0.5) is 10.5 Å². The van der Waals surface area contributed by atoms with E-state index >= 15 is 0 Å². The fourth-order valence-corrected chi connectivity index (χ4v) is 5.01. The van der Waals surface area contributed by atoms with E-state index in [4.69, 9.17) is 10.5 Å². The second-order valence-electron chi connectivity index (χ2n) is 8.64. The van der Waals surface area contributed by atoms with Crippen molar-refractivity contribution in [3.8, 4) is 0 Å². The number of nitrogens with two attached hydrogens (primary N) is 1. The van der Waals surface area contributed by atoms with Gasteiger partial charge in [-0.05, 0) is 55.3 Å². The second-order valence-corrected chi connectivity index (χ2v) is 8.64. The van der Waals surface area contributed by atoms with Crippen LogP contribution in [0.15, 0.2) is 24.3 Å². The van der Waals surface area contributed by atoms with Gasteiger partial charge in [0.25, 0.3) is 0 Å². The van der Waals surface area contributed by atoms with Crippen molar-refractivity contribution in [2.45, 2.75) is 43.2 Å². The molecular formula is C21H30N4O2. The summed E-state index contributed by atoms with van der Waals surface area (Å²) in [5, 5.41) is 0. The molecule has 0 unspecified atom stereocenters. The van der Waals surface area contributed by atoms with Crippen LogP contribution in [0.5, 0.6) is 0 Å². The predicted molar refractivity (Wildman–Crippen MR) is 105 cm³/mol. The normalized spacial score (nSPS) is 30.0. The number of hydrogen-bond donors (Lipinski definition) is 1. The number of ether oxygens (including phenoxy) is 1. The Bertz CT molecular complexity index is 697. The number of nitrogens with zero attached hydrogens (tertiary/aromatic N) is 3. The van der Waals surface area contributed by atoms with E-state index in [9.17, 15) is 4.79 Å². The van der Waals surface area contributed by atoms with Crippen LogP contribution in [0.1, 0.15) is 31.2 Å². The summed E-state index contributed by atoms with van der Waals surface area (Å²) in [6.07, 6.45) is 4.71. The Hall–Kier alpha value is -1.63. The number of carbonyl (C=O) groups is 1. The molecule has 2 N–H and O–H groups in total. The number of carbonyl (C=O) groups excluding carboxylic acids is 1. The maximum Gasteiger partial charge on any atom is 0.324 e. The molecule has 6 heteroatoms. The highest BCUT2D eigenvalue weighted by Crippen LogP contribution is 2.51. The molecule has 6 nitrogen and oxygen atoms in total. The predicted octanol–water partition coefficient (Wildman–Crippen LogP) is 1.78. The Kier molecular flexibility index (Phi) is 4.37. The van der Waals surface area contributed by atoms with E-state index in [0.29, 0.717) is 5.41 Å². The zero-order valence-corrected chi connectivity index (χ0v) is 16.0. The number of morpholine rings is 1. The topological polar surface area (TPSA) is 62.0 Å². The standard InChI is InChI=1S/C21H30N4O2/c22-18-5-9-24-19(18)15-25(20(24)26)17-3-1-16(2-4-17)21(6-7-21)8-10-23-11-13-27-14-12-23/h1-4,18-19H,5-15,22H2/t18-,19-/m1/s1. The smallest absolute Gasteiger partial charge is 0.324 e. The van der Waals surface area contributed by atoms with Gasteiger partial charge in [-0.1, -0.05) is 12.1 Å². The van der Waals surface area contributed by atoms with Crippen LogP contribution in [-0.4, -0.2) is 73.9 Å². The van der Waals surface area contributed by atoms with Crippen LogP contribution < -0.4 is 10.6 Å². The number of anilines is 1. The molecule has 27 heavy (non-hydrogen) atoms. The largest absolute Gasteiger partial charge is 0.379 e. The molecule has 0 spiro atoms. The lowest BCUT2D eigenvalue weighted by atomic mass is 9.92. The summed E-state index contributed by atoms with van der Waals surface area (Å²) in [5.41, 5.74) is 8.97. The van der Waals surface area contributed by atoms with Gasteiger partial charge in [0.15, 0.2) is 0 Å². The van der Waals surface area contributed by atoms with E-state index in [-0.39, 0.29) is 18.1 Å². The van der Waals surface area contributed by atoms with Gasteiger partial charge in [-0.15, -0.1) is 0 Å². The van der Waals surface area contributed by atoms with E-state index in [1.807, 2.05) is 9.80 Å². The van der Waals surface area contributed by atoms with Crippen molar-refractivity contribution < 1.29 is 9.53 Å². The Labute approximate surface area is 161 Å². The lowest BCUT2D eigenvalue weighted by Gasteiger charge is -2.28. The third-order valence-electron chi connectivity index (χ3n) is 7.10. The number of amides is 2. The third-order valence-corrected chi connectivity index (χ3v) is 7.10. The minimum absolute atomic E-state index is 0.119. The minimum atomic E-state index is 0.119. The molecule has 2 atom stereocenters. The van der Waals surface area contributed by atoms with E-state index in [2.05, 4.69) is 29.2 Å². The van der Waals surface area contributed by atoms with Crippen LogP contribution in [0, 0.1) is 0 Å². The summed E-state index contributed by atoms with van der Waals surface area (Å²) in [6.45, 7) is 6.54. The van der Waals surface area contributed by atoms with Crippen LogP contribution in [-0.2, 0) is 10.2 Å². The van der Waals surface area contributed by atoms with Crippen LogP contribution in [0.2, 0.25) is 0 Å². The number of fused-ring (bicyclic) bond motifs is 1. The van der Waals surface area contributed by atoms with Crippen molar-refractivity contribution in [2.75, 3.05) is 50.8 Å². The Morgan fingerprint density at radius 3 is 2.52 bits per heavy atom. The van der Waals surface area contributed by atoms with Gasteiger partial charge in [0.2, 0.25) is 0 Å². The number of rotatable bonds is 5. The van der Waals surface area contributed by atoms with E-state index < -0.39 is 0 Å². The Balaban J connectivity index is 1.24. The fraction of sp³-hybridized carbons (Fsp3) is 0.667. The summed E-state index contributed by atoms with van der Waals surface area (Å²) >= 11 is 0. The molecule has 4 fully saturated rings. The molecule has 3 heterocycles. The van der Waals surface area contributed by atoms with Gasteiger partial charge in [-0.25, -0.2) is 4.79 Å². The monoisotopic (exact) mass is 370 g/mol. The second kappa shape index (κ2) is 6.76. The van der Waals surface area contributed by atoms with E-state index in [0.717, 1.165) is 58.0 Å². The maximum atomic E-state index is 12.7. The lowest BCUT2D eigenvalue weighted by molar-refractivity contribution is 0.0362. The fourth-order valence-electron chi connectivity index (χ4n) is 5.01. The van der Waals surface area contributed by atoms with Crippen LogP contribution in [0.25, 0.3) is 0 Å². The zero-order valence-electron chi connectivity index (χ0n) is 16.0. The first-order valence-electron chi connectivity index (χ1n) is 10.4. The first kappa shape index (κ1) is 17.5. The van der Waals surface area contributed by atoms with Crippen molar-refractivity contribution in [3.63, 3.8) is 0 Å². The summed E-state index contributed by atoms with van der Waals surface area (Å²) < 4.78 is 5.45. The van der Waals surface area contributed by atoms with Gasteiger partial charge >= 0.3 is 6.03 Å². The molecule has 1 aromatic carbocycles. The van der Waals surface area contributed by atoms with Gasteiger partial charge in [-0.3, -0.25) is 9.80 Å². The lowest BCUT2D eigenvalue weighted by Crippen LogP contribution is -2.37. The molecule has 0 aromatic heterocycles. The third kappa shape index (κ3) is 3.13. The summed E-state index contributed by atoms with van der Waals surface area (Å²) in [4.78, 5) is 19.1. The van der Waals surface area contributed by atoms with Gasteiger partial charge < -0.3 is 15.4 Å². The first-order valence-corrected chi connectivity index (χ1v) is 10.4. The zero-order chi connectivity index (χ0) is 18.4. The number of hydrogen-bond acceptors (Lipinski definition) is 4. The Morgan fingerprint density at radius 1 is 1.11 bits per heavy atom. The average molecular weight is 370 g/mol. The Morgan fingerprint density at radius 2 is 1.85 bits per heavy atom. The van der Waals surface area contributed by atoms with Gasteiger partial charge in [0.05, 0.1) is 19.3 Å². The van der Waals surface area contributed by atoms with Crippen molar-refractivity contribution >= 4 is 11.7 Å². The molecular weight excluding hydrogens is 340 g/mol. The SMILES string of the molecule is N[C@@H]1CCN2C(=O)N(c3ccc(C4(CCN5CCOCC5)CC4)cc3)C[C@H]12. The molecule has 1 saturated carbocycles. The van der Waals surface area contributed by atoms with Gasteiger partial charge in [0, 0.05) is 37.9 Å². The van der Waals surface area contributed by atoms with Crippen molar-refractivity contribution in [1.82, 2.24) is 9.80 Å². The summed E-state index contributed by atoms with van der Waals surface area (Å²) in [6, 6.07) is 9.19. The molecule has 3 saturated heterocycles. The highest BCUT2D eigenvalue weighted by molar-refractivity contribution is 5.95. The van der Waals surface area contributed by atoms with Crippen molar-refractivity contribution in [1.29, 1.82) is 0 Å². The highest BCUT2D eigenvalue weighted by atomic mass is 16.5. The molecule has 5 rings (SSSR count). The molecule has 4 aliphatic rings.